The van der Waals surface area contributed by atoms with E-state index in [0.717, 1.165) is 11.3 Å². The molecule has 2 aromatic heterocycles. The van der Waals surface area contributed by atoms with Crippen LogP contribution in [0, 0.1) is 32.1 Å². The lowest BCUT2D eigenvalue weighted by Crippen LogP contribution is -2.15. The van der Waals surface area contributed by atoms with Gasteiger partial charge >= 0.3 is 0 Å². The minimum atomic E-state index is -3.84. The van der Waals surface area contributed by atoms with Crippen LogP contribution in [-0.2, 0) is 14.8 Å². The van der Waals surface area contributed by atoms with Crippen LogP contribution >= 0.6 is 11.8 Å². The lowest BCUT2D eigenvalue weighted by Gasteiger charge is -2.09. The van der Waals surface area contributed by atoms with E-state index in [1.54, 1.807) is 6.92 Å². The number of hydrogen-bond donors (Lipinski definition) is 2. The van der Waals surface area contributed by atoms with Crippen molar-refractivity contribution >= 4 is 39.2 Å². The van der Waals surface area contributed by atoms with Crippen LogP contribution in [-0.4, -0.2) is 30.2 Å². The number of nitrogens with one attached hydrogen (secondary N) is 2. The number of hydrogen-bond acceptors (Lipinski definition) is 8. The summed E-state index contributed by atoms with van der Waals surface area (Å²) in [6, 6.07) is 11.1. The average Bonchev–Trinajstić information content (AvgIpc) is 3.10. The number of nitriles is 1. The van der Waals surface area contributed by atoms with Gasteiger partial charge in [0.25, 0.3) is 10.0 Å². The van der Waals surface area contributed by atoms with Gasteiger partial charge in [-0.1, -0.05) is 16.9 Å². The third-order valence-electron chi connectivity index (χ3n) is 4.08. The Morgan fingerprint density at radius 1 is 1.19 bits per heavy atom. The van der Waals surface area contributed by atoms with Crippen molar-refractivity contribution in [1.29, 1.82) is 5.26 Å². The number of thioether (sulfide) groups is 1. The first-order chi connectivity index (χ1) is 14.7. The Labute approximate surface area is 183 Å². The molecule has 3 rings (SSSR count). The maximum absolute atomic E-state index is 12.4. The number of pyridine rings is 1. The molecule has 2 N–H and O–H groups in total. The van der Waals surface area contributed by atoms with E-state index in [2.05, 4.69) is 26.2 Å². The number of nitrogens with zero attached hydrogens (tertiary/aromatic N) is 3. The lowest BCUT2D eigenvalue weighted by molar-refractivity contribution is -0.113. The number of carbonyl (C=O) groups is 1. The SMILES string of the molecule is Cc1cc(C)c(C#N)c(SCC(=O)Nc2ccc(S(=O)(=O)Nc3cc(C)on3)cc2)n1. The van der Waals surface area contributed by atoms with Crippen LogP contribution in [0.2, 0.25) is 0 Å². The summed E-state index contributed by atoms with van der Waals surface area (Å²) in [6.07, 6.45) is 0. The van der Waals surface area contributed by atoms with Gasteiger partial charge in [-0.2, -0.15) is 5.26 Å². The summed E-state index contributed by atoms with van der Waals surface area (Å²) in [5.41, 5.74) is 2.47. The standard InChI is InChI=1S/C20H19N5O4S2/c1-12-8-13(2)22-20(17(12)10-21)30-11-19(26)23-15-4-6-16(7-5-15)31(27,28)25-18-9-14(3)29-24-18/h4-9H,11H2,1-3H3,(H,23,26)(H,24,25). The minimum absolute atomic E-state index is 0.0126. The van der Waals surface area contributed by atoms with Crippen LogP contribution in [0.15, 0.2) is 50.8 Å². The monoisotopic (exact) mass is 457 g/mol. The van der Waals surface area contributed by atoms with E-state index in [4.69, 9.17) is 4.52 Å². The molecule has 0 radical (unpaired) electrons. The Morgan fingerprint density at radius 2 is 1.90 bits per heavy atom. The van der Waals surface area contributed by atoms with Gasteiger partial charge in [0, 0.05) is 17.4 Å². The molecular formula is C20H19N5O4S2. The summed E-state index contributed by atoms with van der Waals surface area (Å²) in [6.45, 7) is 5.30. The number of anilines is 2. The highest BCUT2D eigenvalue weighted by atomic mass is 32.2. The van der Waals surface area contributed by atoms with Crippen LogP contribution in [0.4, 0.5) is 11.5 Å². The zero-order valence-corrected chi connectivity index (χ0v) is 18.6. The first-order valence-electron chi connectivity index (χ1n) is 9.05. The van der Waals surface area contributed by atoms with Gasteiger partial charge in [-0.3, -0.25) is 9.52 Å². The van der Waals surface area contributed by atoms with E-state index in [-0.39, 0.29) is 22.4 Å². The lowest BCUT2D eigenvalue weighted by atomic mass is 10.1. The van der Waals surface area contributed by atoms with Crippen molar-refractivity contribution in [3.63, 3.8) is 0 Å². The predicted molar refractivity (Wildman–Crippen MR) is 116 cm³/mol. The smallest absolute Gasteiger partial charge is 0.263 e. The second-order valence-corrected chi connectivity index (χ2v) is 9.31. The van der Waals surface area contributed by atoms with Crippen molar-refractivity contribution < 1.29 is 17.7 Å². The van der Waals surface area contributed by atoms with E-state index in [0.29, 0.717) is 22.0 Å². The molecule has 11 heteroatoms. The molecule has 0 atom stereocenters. The first kappa shape index (κ1) is 22.3. The first-order valence-corrected chi connectivity index (χ1v) is 11.5. The number of aryl methyl sites for hydroxylation is 3. The fourth-order valence-corrected chi connectivity index (χ4v) is 4.59. The number of carbonyl (C=O) groups excluding carboxylic acids is 1. The van der Waals surface area contributed by atoms with Crippen molar-refractivity contribution in [3.8, 4) is 6.07 Å². The molecule has 0 aliphatic heterocycles. The van der Waals surface area contributed by atoms with E-state index in [9.17, 15) is 18.5 Å². The van der Waals surface area contributed by atoms with E-state index >= 15 is 0 Å². The van der Waals surface area contributed by atoms with Gasteiger partial charge in [0.1, 0.15) is 16.9 Å². The van der Waals surface area contributed by atoms with Gasteiger partial charge < -0.3 is 9.84 Å². The summed E-state index contributed by atoms with van der Waals surface area (Å²) in [7, 11) is -3.84. The quantitative estimate of drug-likeness (QED) is 0.515. The molecule has 0 unspecified atom stereocenters. The number of aromatic nitrogens is 2. The molecule has 3 aromatic rings. The molecule has 0 aliphatic carbocycles. The molecule has 0 spiro atoms. The Balaban J connectivity index is 1.62. The largest absolute Gasteiger partial charge is 0.360 e. The molecule has 0 aliphatic rings. The van der Waals surface area contributed by atoms with Crippen molar-refractivity contribution in [2.45, 2.75) is 30.7 Å². The molecule has 2 heterocycles. The molecule has 31 heavy (non-hydrogen) atoms. The fraction of sp³-hybridized carbons (Fsp3) is 0.200. The summed E-state index contributed by atoms with van der Waals surface area (Å²) in [4.78, 5) is 16.6. The van der Waals surface area contributed by atoms with Gasteiger partial charge in [0.15, 0.2) is 5.82 Å². The normalized spacial score (nSPS) is 11.0. The van der Waals surface area contributed by atoms with Crippen molar-refractivity contribution in [3.05, 3.63) is 59.0 Å². The molecule has 0 fully saturated rings. The third-order valence-corrected chi connectivity index (χ3v) is 6.42. The maximum Gasteiger partial charge on any atom is 0.263 e. The number of sulfonamides is 1. The number of benzene rings is 1. The summed E-state index contributed by atoms with van der Waals surface area (Å²) in [5.74, 6) is 0.314. The van der Waals surface area contributed by atoms with Gasteiger partial charge in [-0.15, -0.1) is 0 Å². The molecular weight excluding hydrogens is 438 g/mol. The molecule has 0 saturated carbocycles. The maximum atomic E-state index is 12.4. The van der Waals surface area contributed by atoms with E-state index in [1.165, 1.54) is 42.1 Å². The zero-order valence-electron chi connectivity index (χ0n) is 17.0. The van der Waals surface area contributed by atoms with Crippen LogP contribution < -0.4 is 10.0 Å². The highest BCUT2D eigenvalue weighted by Crippen LogP contribution is 2.24. The second kappa shape index (κ2) is 9.20. The molecule has 0 saturated heterocycles. The Kier molecular flexibility index (Phi) is 6.62. The van der Waals surface area contributed by atoms with Gasteiger partial charge in [0.05, 0.1) is 16.2 Å². The Morgan fingerprint density at radius 3 is 2.52 bits per heavy atom. The van der Waals surface area contributed by atoms with Crippen LogP contribution in [0.5, 0.6) is 0 Å². The molecule has 1 amide bonds. The van der Waals surface area contributed by atoms with Crippen LogP contribution in [0.25, 0.3) is 0 Å². The minimum Gasteiger partial charge on any atom is -0.360 e. The second-order valence-electron chi connectivity index (χ2n) is 6.66. The van der Waals surface area contributed by atoms with Crippen LogP contribution in [0.3, 0.4) is 0 Å². The Hall–Kier alpha value is -3.36. The van der Waals surface area contributed by atoms with Crippen molar-refractivity contribution in [1.82, 2.24) is 10.1 Å². The zero-order chi connectivity index (χ0) is 22.6. The summed E-state index contributed by atoms with van der Waals surface area (Å²) < 4.78 is 32.0. The van der Waals surface area contributed by atoms with Gasteiger partial charge in [-0.05, 0) is 56.7 Å². The third kappa shape index (κ3) is 5.62. The summed E-state index contributed by atoms with van der Waals surface area (Å²) >= 11 is 1.17. The topological polar surface area (TPSA) is 138 Å². The number of rotatable bonds is 7. The summed E-state index contributed by atoms with van der Waals surface area (Å²) in [5, 5.41) is 16.1. The molecule has 9 nitrogen and oxygen atoms in total. The van der Waals surface area contributed by atoms with E-state index < -0.39 is 10.0 Å². The van der Waals surface area contributed by atoms with Crippen LogP contribution in [0.1, 0.15) is 22.6 Å². The van der Waals surface area contributed by atoms with Gasteiger partial charge in [-0.25, -0.2) is 13.4 Å². The Bertz CT molecular complexity index is 1260. The van der Waals surface area contributed by atoms with Gasteiger partial charge in [0.2, 0.25) is 5.91 Å². The number of amides is 1. The predicted octanol–water partition coefficient (Wildman–Crippen LogP) is 3.40. The average molecular weight is 458 g/mol. The van der Waals surface area contributed by atoms with Crippen molar-refractivity contribution in [2.75, 3.05) is 15.8 Å². The fourth-order valence-electron chi connectivity index (χ4n) is 2.70. The van der Waals surface area contributed by atoms with E-state index in [1.807, 2.05) is 19.9 Å². The molecule has 160 valence electrons. The molecule has 1 aromatic carbocycles. The highest BCUT2D eigenvalue weighted by Gasteiger charge is 2.17. The highest BCUT2D eigenvalue weighted by molar-refractivity contribution is 8.00. The molecule has 0 bridgehead atoms. The van der Waals surface area contributed by atoms with Crippen molar-refractivity contribution in [2.24, 2.45) is 0 Å².